The van der Waals surface area contributed by atoms with Gasteiger partial charge in [-0.05, 0) is 43.1 Å². The molecule has 2 aliphatic rings. The maximum atomic E-state index is 12.9. The third-order valence-electron chi connectivity index (χ3n) is 5.63. The highest BCUT2D eigenvalue weighted by Crippen LogP contribution is 2.41. The number of alkyl halides is 3. The van der Waals surface area contributed by atoms with Crippen LogP contribution in [-0.2, 0) is 6.18 Å². The maximum Gasteiger partial charge on any atom is 0.416 e. The molecular weight excluding hydrogens is 365 g/mol. The SMILES string of the molecule is N[C@@H]1CCN(CCN[C@H]2CC2c2ccc(-c3cccc(C(F)(F)F)c3)nc2)C1. The van der Waals surface area contributed by atoms with E-state index < -0.39 is 11.7 Å². The van der Waals surface area contributed by atoms with E-state index >= 15 is 0 Å². The van der Waals surface area contributed by atoms with Crippen molar-refractivity contribution in [2.75, 3.05) is 26.2 Å². The Morgan fingerprint density at radius 1 is 1.21 bits per heavy atom. The molecule has 7 heteroatoms. The van der Waals surface area contributed by atoms with E-state index in [0.717, 1.165) is 56.7 Å². The number of pyridine rings is 1. The van der Waals surface area contributed by atoms with Crippen molar-refractivity contribution in [1.82, 2.24) is 15.2 Å². The summed E-state index contributed by atoms with van der Waals surface area (Å²) < 4.78 is 38.7. The Morgan fingerprint density at radius 2 is 2.07 bits per heavy atom. The van der Waals surface area contributed by atoms with E-state index in [4.69, 9.17) is 5.73 Å². The highest BCUT2D eigenvalue weighted by molar-refractivity contribution is 5.60. The quantitative estimate of drug-likeness (QED) is 0.795. The van der Waals surface area contributed by atoms with Gasteiger partial charge in [0.25, 0.3) is 0 Å². The number of nitrogens with two attached hydrogens (primary N) is 1. The zero-order valence-electron chi connectivity index (χ0n) is 15.6. The molecule has 1 aliphatic carbocycles. The van der Waals surface area contributed by atoms with Gasteiger partial charge in [0, 0.05) is 49.4 Å². The van der Waals surface area contributed by atoms with Gasteiger partial charge in [0.05, 0.1) is 11.3 Å². The zero-order valence-corrected chi connectivity index (χ0v) is 15.6. The number of hydrogen-bond acceptors (Lipinski definition) is 4. The fraction of sp³-hybridized carbons (Fsp3) is 0.476. The molecule has 3 N–H and O–H groups in total. The van der Waals surface area contributed by atoms with E-state index in [-0.39, 0.29) is 0 Å². The first-order valence-electron chi connectivity index (χ1n) is 9.75. The van der Waals surface area contributed by atoms with Crippen molar-refractivity contribution in [1.29, 1.82) is 0 Å². The van der Waals surface area contributed by atoms with Gasteiger partial charge in [-0.1, -0.05) is 18.2 Å². The molecule has 150 valence electrons. The third kappa shape index (κ3) is 4.54. The molecule has 0 spiro atoms. The number of benzene rings is 1. The number of rotatable bonds is 6. The minimum absolute atomic E-state index is 0.315. The van der Waals surface area contributed by atoms with E-state index in [0.29, 0.717) is 29.3 Å². The molecule has 1 aromatic carbocycles. The van der Waals surface area contributed by atoms with E-state index in [1.165, 1.54) is 6.07 Å². The van der Waals surface area contributed by atoms with Crippen LogP contribution in [0.25, 0.3) is 11.3 Å². The summed E-state index contributed by atoms with van der Waals surface area (Å²) in [6, 6.07) is 9.86. The van der Waals surface area contributed by atoms with Gasteiger partial charge in [0.2, 0.25) is 0 Å². The Morgan fingerprint density at radius 3 is 2.75 bits per heavy atom. The van der Waals surface area contributed by atoms with Crippen LogP contribution < -0.4 is 11.1 Å². The Balaban J connectivity index is 1.31. The number of hydrogen-bond donors (Lipinski definition) is 2. The molecule has 0 radical (unpaired) electrons. The number of nitrogens with zero attached hydrogens (tertiary/aromatic N) is 2. The Hall–Kier alpha value is -1.96. The Labute approximate surface area is 162 Å². The second kappa shape index (κ2) is 7.81. The van der Waals surface area contributed by atoms with Gasteiger partial charge < -0.3 is 16.0 Å². The van der Waals surface area contributed by atoms with Crippen LogP contribution in [0.5, 0.6) is 0 Å². The molecule has 3 atom stereocenters. The van der Waals surface area contributed by atoms with Crippen LogP contribution >= 0.6 is 0 Å². The minimum atomic E-state index is -4.34. The average Bonchev–Trinajstić information content (AvgIpc) is 3.33. The van der Waals surface area contributed by atoms with Crippen molar-refractivity contribution >= 4 is 0 Å². The standard InChI is InChI=1S/C21H25F3N4/c22-21(23,24)16-3-1-2-14(10-16)19-5-4-15(12-27-19)18-11-20(18)26-7-9-28-8-6-17(25)13-28/h1-5,10,12,17-18,20,26H,6-9,11,13,25H2/t17-,18?,20+/m1/s1. The topological polar surface area (TPSA) is 54.2 Å². The fourth-order valence-electron chi connectivity index (χ4n) is 3.91. The first kappa shape index (κ1) is 19.4. The van der Waals surface area contributed by atoms with Gasteiger partial charge >= 0.3 is 6.18 Å². The lowest BCUT2D eigenvalue weighted by Gasteiger charge is -2.15. The van der Waals surface area contributed by atoms with Gasteiger partial charge in [0.15, 0.2) is 0 Å². The van der Waals surface area contributed by atoms with Gasteiger partial charge in [0.1, 0.15) is 0 Å². The highest BCUT2D eigenvalue weighted by atomic mass is 19.4. The van der Waals surface area contributed by atoms with Gasteiger partial charge in [-0.25, -0.2) is 0 Å². The lowest BCUT2D eigenvalue weighted by atomic mass is 10.1. The second-order valence-electron chi connectivity index (χ2n) is 7.81. The van der Waals surface area contributed by atoms with Crippen LogP contribution in [0.4, 0.5) is 13.2 Å². The summed E-state index contributed by atoms with van der Waals surface area (Å²) >= 11 is 0. The Kier molecular flexibility index (Phi) is 5.40. The Bertz CT molecular complexity index is 806. The molecule has 0 bridgehead atoms. The molecule has 2 heterocycles. The highest BCUT2D eigenvalue weighted by Gasteiger charge is 2.38. The van der Waals surface area contributed by atoms with Crippen molar-refractivity contribution in [3.8, 4) is 11.3 Å². The minimum Gasteiger partial charge on any atom is -0.326 e. The first-order chi connectivity index (χ1) is 13.4. The second-order valence-corrected chi connectivity index (χ2v) is 7.81. The summed E-state index contributed by atoms with van der Waals surface area (Å²) in [6.07, 6.45) is -0.398. The number of nitrogens with one attached hydrogen (secondary N) is 1. The van der Waals surface area contributed by atoms with E-state index in [9.17, 15) is 13.2 Å². The first-order valence-corrected chi connectivity index (χ1v) is 9.75. The van der Waals surface area contributed by atoms with Crippen LogP contribution in [0.2, 0.25) is 0 Å². The summed E-state index contributed by atoms with van der Waals surface area (Å²) in [7, 11) is 0. The molecule has 0 amide bonds. The predicted molar refractivity (Wildman–Crippen MR) is 103 cm³/mol. The number of likely N-dealkylation sites (tertiary alicyclic amines) is 1. The summed E-state index contributed by atoms with van der Waals surface area (Å²) in [5, 5.41) is 3.58. The molecule has 1 aromatic heterocycles. The molecule has 2 fully saturated rings. The number of halogens is 3. The molecule has 1 saturated heterocycles. The molecule has 2 aromatic rings. The lowest BCUT2D eigenvalue weighted by molar-refractivity contribution is -0.137. The smallest absolute Gasteiger partial charge is 0.326 e. The molecular formula is C21H25F3N4. The van der Waals surface area contributed by atoms with Gasteiger partial charge in [-0.15, -0.1) is 0 Å². The van der Waals surface area contributed by atoms with E-state index in [2.05, 4.69) is 15.2 Å². The van der Waals surface area contributed by atoms with E-state index in [1.54, 1.807) is 12.3 Å². The van der Waals surface area contributed by atoms with Crippen LogP contribution in [0.15, 0.2) is 42.6 Å². The van der Waals surface area contributed by atoms with Crippen molar-refractivity contribution in [3.63, 3.8) is 0 Å². The normalized spacial score (nSPS) is 25.2. The van der Waals surface area contributed by atoms with Gasteiger partial charge in [-0.3, -0.25) is 4.98 Å². The van der Waals surface area contributed by atoms with Gasteiger partial charge in [-0.2, -0.15) is 13.2 Å². The summed E-state index contributed by atoms with van der Waals surface area (Å²) in [6.45, 7) is 4.03. The summed E-state index contributed by atoms with van der Waals surface area (Å²) in [5.41, 5.74) is 7.45. The third-order valence-corrected chi connectivity index (χ3v) is 5.63. The molecule has 4 nitrogen and oxygen atoms in total. The summed E-state index contributed by atoms with van der Waals surface area (Å²) in [5.74, 6) is 0.434. The maximum absolute atomic E-state index is 12.9. The zero-order chi connectivity index (χ0) is 19.7. The van der Waals surface area contributed by atoms with E-state index in [1.807, 2.05) is 12.1 Å². The van der Waals surface area contributed by atoms with Crippen molar-refractivity contribution < 1.29 is 13.2 Å². The number of aromatic nitrogens is 1. The monoisotopic (exact) mass is 390 g/mol. The lowest BCUT2D eigenvalue weighted by Crippen LogP contribution is -2.33. The molecule has 28 heavy (non-hydrogen) atoms. The van der Waals surface area contributed by atoms with Crippen LogP contribution in [0.3, 0.4) is 0 Å². The fourth-order valence-corrected chi connectivity index (χ4v) is 3.91. The van der Waals surface area contributed by atoms with Crippen molar-refractivity contribution in [3.05, 3.63) is 53.7 Å². The molecule has 1 saturated carbocycles. The average molecular weight is 390 g/mol. The predicted octanol–water partition coefficient (Wildman–Crippen LogP) is 3.25. The summed E-state index contributed by atoms with van der Waals surface area (Å²) in [4.78, 5) is 6.79. The van der Waals surface area contributed by atoms with Crippen molar-refractivity contribution in [2.24, 2.45) is 5.73 Å². The van der Waals surface area contributed by atoms with Crippen LogP contribution in [0, 0.1) is 0 Å². The molecule has 4 rings (SSSR count). The molecule has 1 aliphatic heterocycles. The molecule has 1 unspecified atom stereocenters. The van der Waals surface area contributed by atoms with Crippen molar-refractivity contribution in [2.45, 2.75) is 37.0 Å². The van der Waals surface area contributed by atoms with Crippen LogP contribution in [-0.4, -0.2) is 48.1 Å². The largest absolute Gasteiger partial charge is 0.416 e. The van der Waals surface area contributed by atoms with Crippen LogP contribution in [0.1, 0.15) is 29.9 Å².